The molecule has 0 radical (unpaired) electrons. The highest BCUT2D eigenvalue weighted by Crippen LogP contribution is 2.24. The normalized spacial score (nSPS) is 30.3. The summed E-state index contributed by atoms with van der Waals surface area (Å²) in [6.45, 7) is 0.644. The maximum atomic E-state index is 10.5. The van der Waals surface area contributed by atoms with Crippen LogP contribution in [-0.4, -0.2) is 18.6 Å². The van der Waals surface area contributed by atoms with Gasteiger partial charge in [-0.05, 0) is 25.3 Å². The van der Waals surface area contributed by atoms with E-state index in [1.54, 1.807) is 0 Å². The van der Waals surface area contributed by atoms with E-state index in [0.29, 0.717) is 12.5 Å². The first kappa shape index (κ1) is 8.33. The van der Waals surface area contributed by atoms with Crippen molar-refractivity contribution in [2.75, 3.05) is 6.54 Å². The molecule has 64 valence electrons. The number of hydrogen-bond donors (Lipinski definition) is 3. The Morgan fingerprint density at radius 3 is 2.82 bits per heavy atom. The summed E-state index contributed by atoms with van der Waals surface area (Å²) in [5.41, 5.74) is 10.5. The number of nitrogens with two attached hydrogens (primary N) is 2. The fourth-order valence-electron chi connectivity index (χ4n) is 1.69. The van der Waals surface area contributed by atoms with Crippen LogP contribution < -0.4 is 16.8 Å². The van der Waals surface area contributed by atoms with Crippen LogP contribution in [0.3, 0.4) is 0 Å². The average Bonchev–Trinajstić information content (AvgIpc) is 2.34. The van der Waals surface area contributed by atoms with Crippen LogP contribution in [-0.2, 0) is 0 Å². The van der Waals surface area contributed by atoms with Crippen LogP contribution in [0.2, 0.25) is 0 Å². The van der Waals surface area contributed by atoms with Gasteiger partial charge in [-0.25, -0.2) is 4.79 Å². The molecule has 1 aliphatic carbocycles. The third-order valence-corrected chi connectivity index (χ3v) is 2.29. The summed E-state index contributed by atoms with van der Waals surface area (Å²) in [6, 6.07) is -0.215. The highest BCUT2D eigenvalue weighted by Gasteiger charge is 2.26. The highest BCUT2D eigenvalue weighted by molar-refractivity contribution is 5.72. The van der Waals surface area contributed by atoms with Gasteiger partial charge in [0.05, 0.1) is 0 Å². The number of amides is 2. The van der Waals surface area contributed by atoms with Crippen molar-refractivity contribution in [2.24, 2.45) is 17.4 Å². The quantitative estimate of drug-likeness (QED) is 0.518. The van der Waals surface area contributed by atoms with Crippen molar-refractivity contribution in [1.29, 1.82) is 0 Å². The van der Waals surface area contributed by atoms with Crippen LogP contribution in [0, 0.1) is 5.92 Å². The Labute approximate surface area is 66.3 Å². The van der Waals surface area contributed by atoms with Gasteiger partial charge in [0, 0.05) is 6.04 Å². The molecule has 11 heavy (non-hydrogen) atoms. The molecule has 0 heterocycles. The van der Waals surface area contributed by atoms with Gasteiger partial charge in [-0.3, -0.25) is 0 Å². The molecule has 0 spiro atoms. The lowest BCUT2D eigenvalue weighted by molar-refractivity contribution is 0.242. The molecule has 2 atom stereocenters. The van der Waals surface area contributed by atoms with Gasteiger partial charge in [0.25, 0.3) is 0 Å². The number of primary amides is 1. The Bertz CT molecular complexity index is 149. The molecule has 0 bridgehead atoms. The minimum Gasteiger partial charge on any atom is -0.352 e. The van der Waals surface area contributed by atoms with Crippen molar-refractivity contribution in [3.63, 3.8) is 0 Å². The molecular weight excluding hydrogens is 142 g/mol. The first-order valence-electron chi connectivity index (χ1n) is 4.00. The van der Waals surface area contributed by atoms with Gasteiger partial charge in [-0.15, -0.1) is 0 Å². The van der Waals surface area contributed by atoms with Crippen molar-refractivity contribution >= 4 is 6.03 Å². The maximum Gasteiger partial charge on any atom is 0.312 e. The molecule has 0 aliphatic heterocycles. The molecular formula is C7H15N3O. The third kappa shape index (κ3) is 2.08. The third-order valence-electron chi connectivity index (χ3n) is 2.29. The number of hydrogen-bond acceptors (Lipinski definition) is 2. The summed E-state index contributed by atoms with van der Waals surface area (Å²) in [7, 11) is 0. The fraction of sp³-hybridized carbons (Fsp3) is 0.857. The number of carbonyl (C=O) groups excluding carboxylic acids is 1. The molecule has 0 aromatic heterocycles. The fourth-order valence-corrected chi connectivity index (χ4v) is 1.69. The van der Waals surface area contributed by atoms with E-state index in [1.807, 2.05) is 0 Å². The van der Waals surface area contributed by atoms with E-state index in [2.05, 4.69) is 5.32 Å². The zero-order valence-corrected chi connectivity index (χ0v) is 6.55. The van der Waals surface area contributed by atoms with E-state index >= 15 is 0 Å². The van der Waals surface area contributed by atoms with E-state index < -0.39 is 6.03 Å². The van der Waals surface area contributed by atoms with Gasteiger partial charge in [-0.1, -0.05) is 6.42 Å². The van der Waals surface area contributed by atoms with Crippen molar-refractivity contribution in [1.82, 2.24) is 5.32 Å². The van der Waals surface area contributed by atoms with Crippen LogP contribution >= 0.6 is 0 Å². The molecule has 1 rings (SSSR count). The molecule has 0 saturated heterocycles. The lowest BCUT2D eigenvalue weighted by atomic mass is 10.0. The highest BCUT2D eigenvalue weighted by atomic mass is 16.2. The Hall–Kier alpha value is -0.770. The molecule has 0 unspecified atom stereocenters. The van der Waals surface area contributed by atoms with Crippen LogP contribution in [0.4, 0.5) is 4.79 Å². The van der Waals surface area contributed by atoms with Gasteiger partial charge in [-0.2, -0.15) is 0 Å². The molecule has 1 aliphatic rings. The predicted molar refractivity (Wildman–Crippen MR) is 42.9 cm³/mol. The minimum absolute atomic E-state index is 0.220. The topological polar surface area (TPSA) is 81.1 Å². The Kier molecular flexibility index (Phi) is 2.70. The summed E-state index contributed by atoms with van der Waals surface area (Å²) >= 11 is 0. The second kappa shape index (κ2) is 3.57. The van der Waals surface area contributed by atoms with Gasteiger partial charge in [0.1, 0.15) is 0 Å². The molecule has 0 aromatic rings. The Morgan fingerprint density at radius 2 is 2.27 bits per heavy atom. The summed E-state index contributed by atoms with van der Waals surface area (Å²) in [6.07, 6.45) is 3.28. The average molecular weight is 157 g/mol. The van der Waals surface area contributed by atoms with Crippen molar-refractivity contribution in [3.05, 3.63) is 0 Å². The Morgan fingerprint density at radius 1 is 1.55 bits per heavy atom. The number of urea groups is 1. The van der Waals surface area contributed by atoms with E-state index in [0.717, 1.165) is 19.3 Å². The number of nitrogens with one attached hydrogen (secondary N) is 1. The van der Waals surface area contributed by atoms with Crippen LogP contribution in [0.1, 0.15) is 19.3 Å². The van der Waals surface area contributed by atoms with E-state index in [-0.39, 0.29) is 6.04 Å². The summed E-state index contributed by atoms with van der Waals surface area (Å²) in [4.78, 5) is 10.5. The molecule has 1 saturated carbocycles. The second-order valence-corrected chi connectivity index (χ2v) is 3.04. The van der Waals surface area contributed by atoms with Gasteiger partial charge in [0.15, 0.2) is 0 Å². The summed E-state index contributed by atoms with van der Waals surface area (Å²) in [5, 5.41) is 2.70. The molecule has 5 N–H and O–H groups in total. The SMILES string of the molecule is NC[C@@H]1CCC[C@H]1NC(N)=O. The predicted octanol–water partition coefficient (Wildman–Crippen LogP) is -0.218. The van der Waals surface area contributed by atoms with Gasteiger partial charge in [0.2, 0.25) is 0 Å². The minimum atomic E-state index is -0.435. The molecule has 1 fully saturated rings. The van der Waals surface area contributed by atoms with Crippen molar-refractivity contribution in [3.8, 4) is 0 Å². The van der Waals surface area contributed by atoms with E-state index in [1.165, 1.54) is 0 Å². The smallest absolute Gasteiger partial charge is 0.312 e. The van der Waals surface area contributed by atoms with Gasteiger partial charge < -0.3 is 16.8 Å². The van der Waals surface area contributed by atoms with E-state index in [9.17, 15) is 4.79 Å². The van der Waals surface area contributed by atoms with E-state index in [4.69, 9.17) is 11.5 Å². The first-order chi connectivity index (χ1) is 5.24. The lowest BCUT2D eigenvalue weighted by Crippen LogP contribution is -2.42. The largest absolute Gasteiger partial charge is 0.352 e. The Balaban J connectivity index is 2.37. The number of carbonyl (C=O) groups is 1. The lowest BCUT2D eigenvalue weighted by Gasteiger charge is -2.17. The standard InChI is InChI=1S/C7H15N3O/c8-4-5-2-1-3-6(5)10-7(9)11/h5-6H,1-4,8H2,(H3,9,10,11)/t5-,6+/m0/s1. The monoisotopic (exact) mass is 157 g/mol. The zero-order chi connectivity index (χ0) is 8.27. The summed E-state index contributed by atoms with van der Waals surface area (Å²) < 4.78 is 0. The van der Waals surface area contributed by atoms with Crippen molar-refractivity contribution in [2.45, 2.75) is 25.3 Å². The van der Waals surface area contributed by atoms with Crippen LogP contribution in [0.25, 0.3) is 0 Å². The number of rotatable bonds is 2. The van der Waals surface area contributed by atoms with Crippen LogP contribution in [0.5, 0.6) is 0 Å². The molecule has 4 heteroatoms. The van der Waals surface area contributed by atoms with Crippen molar-refractivity contribution < 1.29 is 4.79 Å². The molecule has 2 amide bonds. The first-order valence-corrected chi connectivity index (χ1v) is 4.00. The van der Waals surface area contributed by atoms with Gasteiger partial charge >= 0.3 is 6.03 Å². The zero-order valence-electron chi connectivity index (χ0n) is 6.55. The summed E-state index contributed by atoms with van der Waals surface area (Å²) in [5.74, 6) is 0.433. The molecule has 4 nitrogen and oxygen atoms in total. The van der Waals surface area contributed by atoms with Crippen LogP contribution in [0.15, 0.2) is 0 Å². The maximum absolute atomic E-state index is 10.5. The molecule has 0 aromatic carbocycles. The second-order valence-electron chi connectivity index (χ2n) is 3.04.